The summed E-state index contributed by atoms with van der Waals surface area (Å²) in [6.45, 7) is 17.7. The molecule has 2 fully saturated rings. The number of rotatable bonds is 4. The van der Waals surface area contributed by atoms with Crippen LogP contribution >= 0.6 is 0 Å². The van der Waals surface area contributed by atoms with Crippen molar-refractivity contribution in [2.24, 2.45) is 0 Å². The molecule has 0 bridgehead atoms. The molecule has 2 aliphatic rings. The van der Waals surface area contributed by atoms with Crippen molar-refractivity contribution in [2.75, 3.05) is 13.2 Å². The lowest BCUT2D eigenvalue weighted by atomic mass is 10.0. The quantitative estimate of drug-likeness (QED) is 0.699. The van der Waals surface area contributed by atoms with Gasteiger partial charge in [-0.2, -0.15) is 0 Å². The van der Waals surface area contributed by atoms with E-state index < -0.39 is 35.4 Å². The van der Waals surface area contributed by atoms with E-state index in [1.807, 2.05) is 0 Å². The Bertz CT molecular complexity index is 455. The van der Waals surface area contributed by atoms with E-state index in [4.69, 9.17) is 17.7 Å². The molecule has 0 aromatic rings. The summed E-state index contributed by atoms with van der Waals surface area (Å²) < 4.78 is 26.1. The second-order valence-electron chi connectivity index (χ2n) is 8.99. The summed E-state index contributed by atoms with van der Waals surface area (Å²) in [7, 11) is -5.36. The topological polar surface area (TPSA) is 77.4 Å². The van der Waals surface area contributed by atoms with Gasteiger partial charge in [-0.25, -0.2) is 0 Å². The highest BCUT2D eigenvalue weighted by Crippen LogP contribution is 2.46. The average Bonchev–Trinajstić information content (AvgIpc) is 2.51. The molecule has 2 N–H and O–H groups in total. The zero-order valence-electron chi connectivity index (χ0n) is 17.6. The number of fused-ring (bicyclic) bond motifs is 1. The molecule has 2 aliphatic heterocycles. The molecule has 2 saturated heterocycles. The standard InChI is InChI=1S/C18H38O6Si2/c1-11(2)25(12(3)4)22-10-16-18(17(20)15(19)9-21-16)23-26(24-25,13(5)6)14(7)8/h11-20H,9-10H2,1-8H3. The maximum Gasteiger partial charge on any atom is 0.335 e. The first-order valence-electron chi connectivity index (χ1n) is 9.97. The van der Waals surface area contributed by atoms with Crippen LogP contribution in [0.5, 0.6) is 0 Å². The van der Waals surface area contributed by atoms with Gasteiger partial charge in [0.1, 0.15) is 24.4 Å². The van der Waals surface area contributed by atoms with Crippen LogP contribution in [0.3, 0.4) is 0 Å². The van der Waals surface area contributed by atoms with Gasteiger partial charge in [-0.3, -0.25) is 0 Å². The lowest BCUT2D eigenvalue weighted by molar-refractivity contribution is -0.197. The van der Waals surface area contributed by atoms with Crippen LogP contribution < -0.4 is 0 Å². The molecule has 154 valence electrons. The molecule has 0 aromatic carbocycles. The molecular formula is C18H38O6Si2. The van der Waals surface area contributed by atoms with E-state index in [9.17, 15) is 10.2 Å². The van der Waals surface area contributed by atoms with E-state index in [0.29, 0.717) is 6.61 Å². The maximum absolute atomic E-state index is 10.6. The van der Waals surface area contributed by atoms with Gasteiger partial charge >= 0.3 is 17.1 Å². The molecule has 2 heterocycles. The largest absolute Gasteiger partial charge is 0.414 e. The average molecular weight is 407 g/mol. The summed E-state index contributed by atoms with van der Waals surface area (Å²) >= 11 is 0. The molecular weight excluding hydrogens is 368 g/mol. The lowest BCUT2D eigenvalue weighted by Crippen LogP contribution is -2.69. The molecule has 4 atom stereocenters. The Morgan fingerprint density at radius 3 is 1.73 bits per heavy atom. The Labute approximate surface area is 160 Å². The summed E-state index contributed by atoms with van der Waals surface area (Å²) in [5, 5.41) is 20.7. The lowest BCUT2D eigenvalue weighted by Gasteiger charge is -2.53. The van der Waals surface area contributed by atoms with Gasteiger partial charge in [-0.05, 0) is 22.2 Å². The molecule has 0 radical (unpaired) electrons. The van der Waals surface area contributed by atoms with Crippen molar-refractivity contribution < 1.29 is 27.9 Å². The highest BCUT2D eigenvalue weighted by molar-refractivity contribution is 6.83. The maximum atomic E-state index is 10.6. The van der Waals surface area contributed by atoms with Crippen LogP contribution in [0.15, 0.2) is 0 Å². The first-order valence-corrected chi connectivity index (χ1v) is 13.9. The van der Waals surface area contributed by atoms with Crippen molar-refractivity contribution in [3.8, 4) is 0 Å². The molecule has 0 amide bonds. The molecule has 0 aromatic heterocycles. The SMILES string of the molecule is CC(C)[Si]1(C(C)C)OCC2OCC(O)C(O)C2O[Si](C(C)C)(C(C)C)O1. The van der Waals surface area contributed by atoms with Crippen LogP contribution in [0.2, 0.25) is 22.2 Å². The first kappa shape index (κ1) is 22.5. The van der Waals surface area contributed by atoms with Gasteiger partial charge in [0.25, 0.3) is 0 Å². The van der Waals surface area contributed by atoms with Crippen molar-refractivity contribution in [1.29, 1.82) is 0 Å². The van der Waals surface area contributed by atoms with E-state index in [1.54, 1.807) is 0 Å². The highest BCUT2D eigenvalue weighted by Gasteiger charge is 2.60. The Morgan fingerprint density at radius 2 is 1.27 bits per heavy atom. The molecule has 2 rings (SSSR count). The van der Waals surface area contributed by atoms with Gasteiger partial charge < -0.3 is 27.9 Å². The zero-order valence-corrected chi connectivity index (χ0v) is 19.6. The number of hydrogen-bond donors (Lipinski definition) is 2. The van der Waals surface area contributed by atoms with Crippen molar-refractivity contribution >= 4 is 17.1 Å². The Kier molecular flexibility index (Phi) is 7.16. The Hall–Kier alpha value is 0.194. The van der Waals surface area contributed by atoms with Crippen molar-refractivity contribution in [1.82, 2.24) is 0 Å². The Balaban J connectivity index is 2.53. The van der Waals surface area contributed by atoms with Crippen LogP contribution in [-0.2, 0) is 17.7 Å². The van der Waals surface area contributed by atoms with E-state index in [1.165, 1.54) is 0 Å². The number of ether oxygens (including phenoxy) is 1. The molecule has 0 aliphatic carbocycles. The fraction of sp³-hybridized carbons (Fsp3) is 1.00. The van der Waals surface area contributed by atoms with Gasteiger partial charge in [0.15, 0.2) is 0 Å². The van der Waals surface area contributed by atoms with Crippen LogP contribution in [-0.4, -0.2) is 65.0 Å². The summed E-state index contributed by atoms with van der Waals surface area (Å²) in [4.78, 5) is 0. The predicted molar refractivity (Wildman–Crippen MR) is 106 cm³/mol. The second-order valence-corrected chi connectivity index (χ2v) is 17.8. The van der Waals surface area contributed by atoms with E-state index in [-0.39, 0.29) is 34.9 Å². The second kappa shape index (κ2) is 8.28. The van der Waals surface area contributed by atoms with E-state index in [2.05, 4.69) is 55.4 Å². The van der Waals surface area contributed by atoms with Crippen molar-refractivity contribution in [3.05, 3.63) is 0 Å². The van der Waals surface area contributed by atoms with Crippen LogP contribution in [0.4, 0.5) is 0 Å². The summed E-state index contributed by atoms with van der Waals surface area (Å²) in [5.41, 5.74) is 0.901. The minimum absolute atomic E-state index is 0.103. The molecule has 0 saturated carbocycles. The van der Waals surface area contributed by atoms with Gasteiger partial charge in [0.05, 0.1) is 13.2 Å². The molecule has 8 heteroatoms. The number of aliphatic hydroxyl groups is 2. The monoisotopic (exact) mass is 406 g/mol. The van der Waals surface area contributed by atoms with Crippen LogP contribution in [0, 0.1) is 0 Å². The zero-order chi connectivity index (χ0) is 19.9. The van der Waals surface area contributed by atoms with Crippen molar-refractivity contribution in [3.63, 3.8) is 0 Å². The van der Waals surface area contributed by atoms with Crippen LogP contribution in [0.25, 0.3) is 0 Å². The third kappa shape index (κ3) is 3.84. The van der Waals surface area contributed by atoms with E-state index in [0.717, 1.165) is 0 Å². The predicted octanol–water partition coefficient (Wildman–Crippen LogP) is 3.06. The molecule has 4 unspecified atom stereocenters. The summed E-state index contributed by atoms with van der Waals surface area (Å²) in [6, 6.07) is 0. The number of hydrogen-bond acceptors (Lipinski definition) is 6. The molecule has 0 spiro atoms. The summed E-state index contributed by atoms with van der Waals surface area (Å²) in [5.74, 6) is 0. The third-order valence-electron chi connectivity index (χ3n) is 5.91. The highest BCUT2D eigenvalue weighted by atomic mass is 28.5. The fourth-order valence-corrected chi connectivity index (χ4v) is 15.5. The minimum atomic E-state index is -2.77. The smallest absolute Gasteiger partial charge is 0.335 e. The Morgan fingerprint density at radius 1 is 0.769 bits per heavy atom. The minimum Gasteiger partial charge on any atom is -0.414 e. The van der Waals surface area contributed by atoms with Crippen LogP contribution in [0.1, 0.15) is 55.4 Å². The van der Waals surface area contributed by atoms with Gasteiger partial charge in [0.2, 0.25) is 0 Å². The van der Waals surface area contributed by atoms with E-state index >= 15 is 0 Å². The molecule has 26 heavy (non-hydrogen) atoms. The normalized spacial score (nSPS) is 34.8. The van der Waals surface area contributed by atoms with Gasteiger partial charge in [0, 0.05) is 0 Å². The summed E-state index contributed by atoms with van der Waals surface area (Å²) in [6.07, 6.45) is -2.94. The third-order valence-corrected chi connectivity index (χ3v) is 16.2. The number of aliphatic hydroxyl groups excluding tert-OH is 2. The first-order chi connectivity index (χ1) is 12.0. The fourth-order valence-electron chi connectivity index (χ4n) is 4.28. The molecule has 6 nitrogen and oxygen atoms in total. The van der Waals surface area contributed by atoms with Gasteiger partial charge in [-0.15, -0.1) is 0 Å². The van der Waals surface area contributed by atoms with Crippen molar-refractivity contribution in [2.45, 2.75) is 102 Å². The van der Waals surface area contributed by atoms with Gasteiger partial charge in [-0.1, -0.05) is 55.4 Å².